The Morgan fingerprint density at radius 2 is 1.25 bits per heavy atom. The minimum atomic E-state index is -3.67. The number of halogens is 1. The topological polar surface area (TPSA) is 54.4 Å². The fourth-order valence-corrected chi connectivity index (χ4v) is 0. The molecule has 7 heteroatoms. The first-order chi connectivity index (χ1) is 2.00. The summed E-state index contributed by atoms with van der Waals surface area (Å²) < 4.78 is 25.9. The van der Waals surface area contributed by atoms with Gasteiger partial charge >= 0.3 is 103 Å². The summed E-state index contributed by atoms with van der Waals surface area (Å²) in [5.74, 6) is 0. The van der Waals surface area contributed by atoms with Gasteiger partial charge in [-0.1, -0.05) is 0 Å². The molecule has 8 heavy (non-hydrogen) atoms. The van der Waals surface area contributed by atoms with Crippen LogP contribution in [0, 0.1) is 0 Å². The van der Waals surface area contributed by atoms with E-state index in [1.165, 1.54) is 0 Å². The zero-order valence-electron chi connectivity index (χ0n) is 3.08. The maximum atomic E-state index is 9.19. The average Bonchev–Trinajstić information content (AvgIpc) is 0.722. The van der Waals surface area contributed by atoms with Crippen molar-refractivity contribution in [1.29, 1.82) is 0 Å². The van der Waals surface area contributed by atoms with E-state index in [4.69, 9.17) is 4.55 Å². The van der Waals surface area contributed by atoms with Gasteiger partial charge in [-0.2, -0.15) is 8.42 Å². The SMILES string of the molecule is CS(=O)(=O)O.Cl.[KH].[KH]. The molecule has 0 aromatic heterocycles. The Labute approximate surface area is 140 Å². The molecule has 0 aliphatic carbocycles. The van der Waals surface area contributed by atoms with Crippen molar-refractivity contribution >= 4 is 125 Å². The van der Waals surface area contributed by atoms with Crippen LogP contribution in [0.1, 0.15) is 0 Å². The van der Waals surface area contributed by atoms with Crippen molar-refractivity contribution in [2.24, 2.45) is 0 Å². The Hall–Kier alpha value is 3.47. The van der Waals surface area contributed by atoms with Crippen LogP contribution in [-0.2, 0) is 10.1 Å². The average molecular weight is 213 g/mol. The third-order valence-corrected chi connectivity index (χ3v) is 0. The summed E-state index contributed by atoms with van der Waals surface area (Å²) in [5.41, 5.74) is 0. The summed E-state index contributed by atoms with van der Waals surface area (Å²) in [4.78, 5) is 0. The molecule has 0 amide bonds. The van der Waals surface area contributed by atoms with Crippen LogP contribution in [-0.4, -0.2) is 122 Å². The first kappa shape index (κ1) is 22.5. The summed E-state index contributed by atoms with van der Waals surface area (Å²) >= 11 is 0. The minimum absolute atomic E-state index is 0. The molecule has 0 rings (SSSR count). The summed E-state index contributed by atoms with van der Waals surface area (Å²) in [6, 6.07) is 0. The van der Waals surface area contributed by atoms with Gasteiger partial charge in [0.05, 0.1) is 6.26 Å². The standard InChI is InChI=1S/CH4O3S.ClH.2K.2H/c1-5(2,3)4;;;;;/h1H3,(H,2,3,4);1H;;;;. The molecular weight excluding hydrogens is 206 g/mol. The molecule has 0 aliphatic rings. The predicted octanol–water partition coefficient (Wildman–Crippen LogP) is -1.37. The van der Waals surface area contributed by atoms with Gasteiger partial charge in [-0.25, -0.2) is 0 Å². The molecule has 0 spiro atoms. The van der Waals surface area contributed by atoms with Crippen LogP contribution in [0.2, 0.25) is 0 Å². The van der Waals surface area contributed by atoms with Crippen LogP contribution >= 0.6 is 12.4 Å². The van der Waals surface area contributed by atoms with E-state index in [0.29, 0.717) is 6.26 Å². The van der Waals surface area contributed by atoms with Crippen molar-refractivity contribution in [3.63, 3.8) is 0 Å². The third kappa shape index (κ3) is 56.4. The second kappa shape index (κ2) is 10.5. The van der Waals surface area contributed by atoms with Crippen LogP contribution in [0.5, 0.6) is 0 Å². The molecule has 0 bridgehead atoms. The Balaban J connectivity index is -0.0000000267. The number of hydrogen-bond acceptors (Lipinski definition) is 2. The molecule has 0 saturated carbocycles. The molecule has 0 aliphatic heterocycles. The van der Waals surface area contributed by atoms with Crippen LogP contribution < -0.4 is 0 Å². The molecule has 0 radical (unpaired) electrons. The molecule has 44 valence electrons. The number of rotatable bonds is 0. The van der Waals surface area contributed by atoms with E-state index in [0.717, 1.165) is 0 Å². The molecule has 0 aromatic rings. The van der Waals surface area contributed by atoms with Crippen LogP contribution in [0.3, 0.4) is 0 Å². The van der Waals surface area contributed by atoms with Gasteiger partial charge < -0.3 is 0 Å². The maximum absolute atomic E-state index is 9.19. The second-order valence-corrected chi connectivity index (χ2v) is 2.20. The van der Waals surface area contributed by atoms with Gasteiger partial charge in [0.15, 0.2) is 0 Å². The van der Waals surface area contributed by atoms with Crippen molar-refractivity contribution in [3.05, 3.63) is 0 Å². The van der Waals surface area contributed by atoms with Crippen molar-refractivity contribution in [3.8, 4) is 0 Å². The van der Waals surface area contributed by atoms with Gasteiger partial charge in [0.1, 0.15) is 0 Å². The molecule has 0 heterocycles. The molecule has 3 nitrogen and oxygen atoms in total. The fourth-order valence-electron chi connectivity index (χ4n) is 0. The van der Waals surface area contributed by atoms with Crippen LogP contribution in [0.25, 0.3) is 0 Å². The summed E-state index contributed by atoms with van der Waals surface area (Å²) in [5, 5.41) is 0. The van der Waals surface area contributed by atoms with Gasteiger partial charge in [0.2, 0.25) is 0 Å². The van der Waals surface area contributed by atoms with Crippen molar-refractivity contribution in [1.82, 2.24) is 0 Å². The van der Waals surface area contributed by atoms with Gasteiger partial charge in [-0.05, 0) is 0 Å². The first-order valence-corrected chi connectivity index (χ1v) is 2.77. The third-order valence-electron chi connectivity index (χ3n) is 0. The first-order valence-electron chi connectivity index (χ1n) is 0.924. The van der Waals surface area contributed by atoms with Gasteiger partial charge in [0, 0.05) is 0 Å². The van der Waals surface area contributed by atoms with E-state index in [1.54, 1.807) is 0 Å². The molecule has 0 unspecified atom stereocenters. The quantitative estimate of drug-likeness (QED) is 0.398. The van der Waals surface area contributed by atoms with E-state index in [2.05, 4.69) is 0 Å². The normalized spacial score (nSPS) is 7.25. The molecule has 0 saturated heterocycles. The second-order valence-electron chi connectivity index (χ2n) is 0.733. The van der Waals surface area contributed by atoms with Crippen molar-refractivity contribution < 1.29 is 13.0 Å². The van der Waals surface area contributed by atoms with E-state index in [9.17, 15) is 8.42 Å². The Morgan fingerprint density at radius 1 is 1.25 bits per heavy atom. The van der Waals surface area contributed by atoms with Crippen LogP contribution in [0.4, 0.5) is 0 Å². The van der Waals surface area contributed by atoms with E-state index in [1.807, 2.05) is 0 Å². The Morgan fingerprint density at radius 3 is 1.25 bits per heavy atom. The van der Waals surface area contributed by atoms with Gasteiger partial charge in [0.25, 0.3) is 10.1 Å². The molecule has 0 aromatic carbocycles. The Bertz CT molecular complexity index is 100. The monoisotopic (exact) mass is 212 g/mol. The number of hydrogen-bond donors (Lipinski definition) is 1. The Kier molecular flexibility index (Phi) is 29.5. The zero-order valence-corrected chi connectivity index (χ0v) is 4.71. The van der Waals surface area contributed by atoms with Crippen molar-refractivity contribution in [2.45, 2.75) is 0 Å². The molecular formula is CH7ClK2O3S. The van der Waals surface area contributed by atoms with E-state index >= 15 is 0 Å². The van der Waals surface area contributed by atoms with Gasteiger partial charge in [-0.3, -0.25) is 4.55 Å². The zero-order chi connectivity index (χ0) is 4.50. The van der Waals surface area contributed by atoms with E-state index in [-0.39, 0.29) is 115 Å². The molecule has 1 N–H and O–H groups in total. The van der Waals surface area contributed by atoms with Gasteiger partial charge in [-0.15, -0.1) is 12.4 Å². The summed E-state index contributed by atoms with van der Waals surface area (Å²) in [6.07, 6.45) is 0.715. The molecule has 0 atom stereocenters. The van der Waals surface area contributed by atoms with Crippen molar-refractivity contribution in [2.75, 3.05) is 6.26 Å². The predicted molar refractivity (Wildman–Crippen MR) is 39.0 cm³/mol. The summed E-state index contributed by atoms with van der Waals surface area (Å²) in [6.45, 7) is 0. The fraction of sp³-hybridized carbons (Fsp3) is 1.00. The van der Waals surface area contributed by atoms with Crippen LogP contribution in [0.15, 0.2) is 0 Å². The summed E-state index contributed by atoms with van der Waals surface area (Å²) in [7, 11) is -3.67. The molecule has 0 fully saturated rings. The van der Waals surface area contributed by atoms with E-state index < -0.39 is 10.1 Å².